The number of nitrogens with zero attached hydrogens (tertiary/aromatic N) is 1. The van der Waals surface area contributed by atoms with Gasteiger partial charge in [0.05, 0.1) is 18.1 Å². The molecule has 180 valence electrons. The third-order valence-corrected chi connectivity index (χ3v) is 6.56. The minimum absolute atomic E-state index is 0.0307. The van der Waals surface area contributed by atoms with Crippen LogP contribution in [0.2, 0.25) is 5.02 Å². The van der Waals surface area contributed by atoms with E-state index in [0.717, 1.165) is 28.3 Å². The summed E-state index contributed by atoms with van der Waals surface area (Å²) in [6.45, 7) is 4.71. The molecule has 2 amide bonds. The summed E-state index contributed by atoms with van der Waals surface area (Å²) in [5.41, 5.74) is 3.40. The maximum atomic E-state index is 13.3. The Morgan fingerprint density at radius 3 is 2.49 bits per heavy atom. The number of amides is 2. The quantitative estimate of drug-likeness (QED) is 0.305. The highest BCUT2D eigenvalue weighted by atomic mass is 35.5. The van der Waals surface area contributed by atoms with Crippen molar-refractivity contribution in [1.82, 2.24) is 4.90 Å². The lowest BCUT2D eigenvalue weighted by atomic mass is 10.1. The van der Waals surface area contributed by atoms with Crippen LogP contribution in [0.3, 0.4) is 0 Å². The summed E-state index contributed by atoms with van der Waals surface area (Å²) < 4.78 is 25.0. The minimum Gasteiger partial charge on any atom is -0.490 e. The third kappa shape index (κ3) is 6.05. The van der Waals surface area contributed by atoms with Crippen LogP contribution in [0.15, 0.2) is 65.6 Å². The van der Waals surface area contributed by atoms with Crippen molar-refractivity contribution in [3.8, 4) is 11.5 Å². The Morgan fingerprint density at radius 2 is 1.77 bits per heavy atom. The average molecular weight is 512 g/mol. The second-order valence-corrected chi connectivity index (χ2v) is 9.32. The smallest absolute Gasteiger partial charge is 0.293 e. The van der Waals surface area contributed by atoms with Gasteiger partial charge in [-0.15, -0.1) is 0 Å². The minimum atomic E-state index is -0.482. The summed E-state index contributed by atoms with van der Waals surface area (Å²) in [7, 11) is 0. The van der Waals surface area contributed by atoms with Gasteiger partial charge in [0.1, 0.15) is 12.4 Å². The van der Waals surface area contributed by atoms with Gasteiger partial charge in [-0.1, -0.05) is 53.6 Å². The molecule has 4 rings (SSSR count). The van der Waals surface area contributed by atoms with E-state index < -0.39 is 17.0 Å². The number of aryl methyl sites for hydroxylation is 1. The maximum Gasteiger partial charge on any atom is 0.293 e. The highest BCUT2D eigenvalue weighted by Gasteiger charge is 2.35. The third-order valence-electron chi connectivity index (χ3n) is 5.30. The van der Waals surface area contributed by atoms with Crippen LogP contribution in [0.1, 0.15) is 29.2 Å². The van der Waals surface area contributed by atoms with E-state index in [1.165, 1.54) is 17.7 Å². The van der Waals surface area contributed by atoms with Crippen LogP contribution in [0.5, 0.6) is 11.5 Å². The van der Waals surface area contributed by atoms with Crippen molar-refractivity contribution in [3.63, 3.8) is 0 Å². The number of hydrogen-bond acceptors (Lipinski definition) is 5. The van der Waals surface area contributed by atoms with Crippen LogP contribution in [-0.2, 0) is 17.9 Å². The summed E-state index contributed by atoms with van der Waals surface area (Å²) in [5.74, 6) is 0.219. The van der Waals surface area contributed by atoms with E-state index in [0.29, 0.717) is 35.8 Å². The number of imide groups is 1. The van der Waals surface area contributed by atoms with Crippen molar-refractivity contribution in [2.75, 3.05) is 6.61 Å². The van der Waals surface area contributed by atoms with Crippen LogP contribution in [-0.4, -0.2) is 22.7 Å². The van der Waals surface area contributed by atoms with Crippen LogP contribution >= 0.6 is 23.4 Å². The number of carbonyl (C=O) groups is 2. The molecule has 1 aliphatic heterocycles. The second kappa shape index (κ2) is 11.0. The van der Waals surface area contributed by atoms with Crippen molar-refractivity contribution in [2.24, 2.45) is 0 Å². The molecule has 0 unspecified atom stereocenters. The van der Waals surface area contributed by atoms with Gasteiger partial charge in [-0.25, -0.2) is 4.39 Å². The van der Waals surface area contributed by atoms with Crippen molar-refractivity contribution in [3.05, 3.63) is 98.7 Å². The summed E-state index contributed by atoms with van der Waals surface area (Å²) >= 11 is 6.91. The van der Waals surface area contributed by atoms with Crippen molar-refractivity contribution in [2.45, 2.75) is 27.0 Å². The SMILES string of the molecule is CCOc1cc(/C=C2\SC(=O)N(Cc3ccc(F)cc3Cl)C2=O)ccc1OCc1ccc(C)cc1. The first-order valence-electron chi connectivity index (χ1n) is 11.0. The van der Waals surface area contributed by atoms with E-state index in [1.54, 1.807) is 24.3 Å². The fraction of sp³-hybridized carbons (Fsp3) is 0.185. The van der Waals surface area contributed by atoms with Gasteiger partial charge in [-0.05, 0) is 72.6 Å². The topological polar surface area (TPSA) is 55.8 Å². The molecule has 0 spiro atoms. The zero-order chi connectivity index (χ0) is 24.9. The van der Waals surface area contributed by atoms with E-state index in [-0.39, 0.29) is 16.5 Å². The summed E-state index contributed by atoms with van der Waals surface area (Å²) in [6, 6.07) is 17.3. The van der Waals surface area contributed by atoms with Crippen LogP contribution < -0.4 is 9.47 Å². The maximum absolute atomic E-state index is 13.3. The molecular weight excluding hydrogens is 489 g/mol. The van der Waals surface area contributed by atoms with Gasteiger partial charge < -0.3 is 9.47 Å². The average Bonchev–Trinajstić information content (AvgIpc) is 3.08. The van der Waals surface area contributed by atoms with Crippen LogP contribution in [0.25, 0.3) is 6.08 Å². The molecule has 0 aromatic heterocycles. The van der Waals surface area contributed by atoms with Crippen molar-refractivity contribution < 1.29 is 23.5 Å². The highest BCUT2D eigenvalue weighted by molar-refractivity contribution is 8.18. The fourth-order valence-corrected chi connectivity index (χ4v) is 4.52. The number of halogens is 2. The molecule has 0 saturated carbocycles. The van der Waals surface area contributed by atoms with E-state index in [4.69, 9.17) is 21.1 Å². The molecule has 5 nitrogen and oxygen atoms in total. The molecule has 1 aliphatic rings. The van der Waals surface area contributed by atoms with E-state index in [9.17, 15) is 14.0 Å². The lowest BCUT2D eigenvalue weighted by Crippen LogP contribution is -2.27. The van der Waals surface area contributed by atoms with Gasteiger partial charge in [0, 0.05) is 5.02 Å². The monoisotopic (exact) mass is 511 g/mol. The zero-order valence-electron chi connectivity index (χ0n) is 19.2. The molecule has 1 fully saturated rings. The van der Waals surface area contributed by atoms with Crippen LogP contribution in [0.4, 0.5) is 9.18 Å². The number of benzene rings is 3. The molecule has 1 saturated heterocycles. The first kappa shape index (κ1) is 24.8. The Balaban J connectivity index is 1.50. The summed E-state index contributed by atoms with van der Waals surface area (Å²) in [6.07, 6.45) is 1.64. The first-order chi connectivity index (χ1) is 16.8. The summed E-state index contributed by atoms with van der Waals surface area (Å²) in [5, 5.41) is -0.250. The number of ether oxygens (including phenoxy) is 2. The van der Waals surface area contributed by atoms with Gasteiger partial charge in [0.2, 0.25) is 0 Å². The summed E-state index contributed by atoms with van der Waals surface area (Å²) in [4.78, 5) is 26.8. The molecule has 0 radical (unpaired) electrons. The molecule has 1 heterocycles. The lowest BCUT2D eigenvalue weighted by Gasteiger charge is -2.14. The molecule has 0 aliphatic carbocycles. The fourth-order valence-electron chi connectivity index (χ4n) is 3.46. The van der Waals surface area contributed by atoms with Gasteiger partial charge in [0.15, 0.2) is 11.5 Å². The Morgan fingerprint density at radius 1 is 1.00 bits per heavy atom. The Kier molecular flexibility index (Phi) is 7.78. The van der Waals surface area contributed by atoms with E-state index >= 15 is 0 Å². The predicted molar refractivity (Wildman–Crippen MR) is 136 cm³/mol. The molecule has 8 heteroatoms. The van der Waals surface area contributed by atoms with E-state index in [2.05, 4.69) is 0 Å². The molecule has 0 bridgehead atoms. The lowest BCUT2D eigenvalue weighted by molar-refractivity contribution is -0.123. The molecular formula is C27H23ClFNO4S. The van der Waals surface area contributed by atoms with Gasteiger partial charge in [0.25, 0.3) is 11.1 Å². The largest absolute Gasteiger partial charge is 0.490 e. The number of rotatable bonds is 8. The van der Waals surface area contributed by atoms with Crippen molar-refractivity contribution in [1.29, 1.82) is 0 Å². The predicted octanol–water partition coefficient (Wildman–Crippen LogP) is 7.00. The second-order valence-electron chi connectivity index (χ2n) is 7.92. The highest BCUT2D eigenvalue weighted by Crippen LogP contribution is 2.36. The molecule has 3 aromatic rings. The van der Waals surface area contributed by atoms with Crippen LogP contribution in [0, 0.1) is 12.7 Å². The number of thioether (sulfide) groups is 1. The number of carbonyl (C=O) groups excluding carboxylic acids is 2. The zero-order valence-corrected chi connectivity index (χ0v) is 20.8. The molecule has 0 atom stereocenters. The Hall–Kier alpha value is -3.29. The first-order valence-corrected chi connectivity index (χ1v) is 12.2. The number of hydrogen-bond donors (Lipinski definition) is 0. The normalized spacial score (nSPS) is 14.6. The van der Waals surface area contributed by atoms with E-state index in [1.807, 2.05) is 38.1 Å². The standard InChI is InChI=1S/C27H23ClFNO4S/c1-3-33-24-12-19(8-11-23(24)34-16-18-6-4-17(2)5-7-18)13-25-26(31)30(27(32)35-25)15-20-9-10-21(29)14-22(20)28/h4-14H,3,15-16H2,1-2H3/b25-13-. The van der Waals surface area contributed by atoms with Gasteiger partial charge in [-0.2, -0.15) is 0 Å². The Bertz CT molecular complexity index is 1290. The van der Waals surface area contributed by atoms with Gasteiger partial charge in [-0.3, -0.25) is 14.5 Å². The van der Waals surface area contributed by atoms with Gasteiger partial charge >= 0.3 is 0 Å². The van der Waals surface area contributed by atoms with Crippen molar-refractivity contribution >= 4 is 40.6 Å². The Labute approximate surface area is 212 Å². The molecule has 3 aromatic carbocycles. The molecule has 0 N–H and O–H groups in total. The molecule has 35 heavy (non-hydrogen) atoms.